The van der Waals surface area contributed by atoms with Crippen LogP contribution in [0.5, 0.6) is 0 Å². The van der Waals surface area contributed by atoms with Crippen LogP contribution in [0.4, 0.5) is 0 Å². The van der Waals surface area contributed by atoms with Crippen molar-refractivity contribution in [2.24, 2.45) is 0 Å². The van der Waals surface area contributed by atoms with E-state index < -0.39 is 15.8 Å². The van der Waals surface area contributed by atoms with Crippen molar-refractivity contribution in [3.63, 3.8) is 0 Å². The number of benzene rings is 13. The van der Waals surface area contributed by atoms with Crippen LogP contribution in [0.25, 0.3) is 64.6 Å². The smallest absolute Gasteiger partial charge is 0.366 e. The second kappa shape index (κ2) is 24.3. The van der Waals surface area contributed by atoms with Gasteiger partial charge in [-0.15, -0.1) is 23.3 Å². The summed E-state index contributed by atoms with van der Waals surface area (Å²) in [6.07, 6.45) is 14.7. The van der Waals surface area contributed by atoms with Gasteiger partial charge in [0.15, 0.2) is 0 Å². The van der Waals surface area contributed by atoms with Crippen molar-refractivity contribution >= 4 is 112 Å². The van der Waals surface area contributed by atoms with Gasteiger partial charge in [0, 0.05) is 10.8 Å². The Balaban J connectivity index is 0.000000162. The van der Waals surface area contributed by atoms with Crippen LogP contribution < -0.4 is 31.8 Å². The molecule has 358 valence electrons. The Hall–Kier alpha value is -7.12. The molecule has 0 spiro atoms. The van der Waals surface area contributed by atoms with Crippen molar-refractivity contribution in [2.75, 3.05) is 0 Å². The summed E-state index contributed by atoms with van der Waals surface area (Å²) >= 11 is 0. The van der Waals surface area contributed by atoms with Crippen molar-refractivity contribution in [1.82, 2.24) is 0 Å². The Kier molecular flexibility index (Phi) is 17.0. The van der Waals surface area contributed by atoms with Crippen molar-refractivity contribution < 1.29 is 44.8 Å². The molecule has 0 aromatic heterocycles. The first-order chi connectivity index (χ1) is 35.7. The maximum absolute atomic E-state index is 7.35. The van der Waals surface area contributed by atoms with Gasteiger partial charge in [0.2, 0.25) is 0 Å². The molecule has 0 saturated heterocycles. The van der Waals surface area contributed by atoms with E-state index in [0.29, 0.717) is 0 Å². The van der Waals surface area contributed by atoms with E-state index in [2.05, 4.69) is 218 Å². The third-order valence-corrected chi connectivity index (χ3v) is 19.5. The van der Waals surface area contributed by atoms with Crippen molar-refractivity contribution in [1.29, 1.82) is 0 Å². The predicted molar refractivity (Wildman–Crippen MR) is 317 cm³/mol. The molecule has 2 unspecified atom stereocenters. The zero-order valence-corrected chi connectivity index (χ0v) is 45.1. The molecule has 74 heavy (non-hydrogen) atoms. The Labute approximate surface area is 468 Å². The van der Waals surface area contributed by atoms with E-state index in [0.717, 1.165) is 32.7 Å². The van der Waals surface area contributed by atoms with Gasteiger partial charge in [-0.1, -0.05) is 229 Å². The second-order valence-electron chi connectivity index (χ2n) is 17.7. The molecule has 13 rings (SSSR count). The molecular formula is C70H48Ag2P2+2. The van der Waals surface area contributed by atoms with E-state index in [4.69, 9.17) is 12.8 Å². The van der Waals surface area contributed by atoms with Crippen molar-refractivity contribution in [3.05, 3.63) is 303 Å². The van der Waals surface area contributed by atoms with Crippen molar-refractivity contribution in [3.8, 4) is 11.8 Å². The maximum Gasteiger partial charge on any atom is 1.00 e. The van der Waals surface area contributed by atoms with Gasteiger partial charge in [-0.3, -0.25) is 11.8 Å². The van der Waals surface area contributed by atoms with E-state index >= 15 is 0 Å². The number of hydrogen-bond acceptors (Lipinski definition) is 0. The fraction of sp³-hybridized carbons (Fsp3) is 0. The van der Waals surface area contributed by atoms with Gasteiger partial charge in [0.1, 0.15) is 47.7 Å². The zero-order chi connectivity index (χ0) is 48.6. The molecule has 0 N–H and O–H groups in total. The van der Waals surface area contributed by atoms with Crippen molar-refractivity contribution in [2.45, 2.75) is 0 Å². The van der Waals surface area contributed by atoms with Gasteiger partial charge in [0.05, 0.1) is 0 Å². The topological polar surface area (TPSA) is 0 Å². The molecule has 0 fully saturated rings. The monoisotopic (exact) mass is 1160 g/mol. The SMILES string of the molecule is [Ag+].[Ag+].[C-]#Cc1cc2ccccc2c2ccccc12.[C-]#Cc1cc2ccccc2c2ccccc12.c1ccc([PH+](c2ccccc2[PH+](c2ccccc2)c2cccc3ccccc23)c2cccc3ccccc23)cc1. The summed E-state index contributed by atoms with van der Waals surface area (Å²) in [6.45, 7) is 0. The molecule has 0 aliphatic heterocycles. The van der Waals surface area contributed by atoms with Gasteiger partial charge < -0.3 is 12.8 Å². The van der Waals surface area contributed by atoms with Crippen LogP contribution in [0.3, 0.4) is 0 Å². The van der Waals surface area contributed by atoms with Gasteiger partial charge in [-0.05, 0) is 91.6 Å². The molecule has 0 bridgehead atoms. The molecule has 4 heteroatoms. The molecule has 0 amide bonds. The average Bonchev–Trinajstić information content (AvgIpc) is 3.46. The standard InChI is InChI=1S/C38H28P2.2C16H9.2Ag/c1-3-19-31(20-4-1)39(35-27-13-17-29-15-7-9-23-33(29)35)37-25-11-12-26-38(37)40(32-21-5-2-6-22-32)36-28-14-18-30-16-8-10-24-34(30)36;2*1-2-12-11-13-7-3-4-9-15(13)16-10-6-5-8-14(12)16;;/h1-28H;2*3-11H;;/q;2*-1;2*+1/p+2. The summed E-state index contributed by atoms with van der Waals surface area (Å²) in [5, 5.41) is 23.4. The van der Waals surface area contributed by atoms with E-state index in [9.17, 15) is 0 Å². The van der Waals surface area contributed by atoms with Crippen LogP contribution in [-0.2, 0) is 44.8 Å². The van der Waals surface area contributed by atoms with E-state index in [-0.39, 0.29) is 44.8 Å². The van der Waals surface area contributed by atoms with E-state index in [1.54, 1.807) is 0 Å². The predicted octanol–water partition coefficient (Wildman–Crippen LogP) is 14.8. The van der Waals surface area contributed by atoms with E-state index in [1.807, 2.05) is 72.8 Å². The van der Waals surface area contributed by atoms with Crippen LogP contribution in [0.2, 0.25) is 0 Å². The molecule has 13 aromatic carbocycles. The van der Waals surface area contributed by atoms with Gasteiger partial charge in [0.25, 0.3) is 0 Å². The molecule has 0 aliphatic carbocycles. The first-order valence-corrected chi connectivity index (χ1v) is 27.3. The zero-order valence-electron chi connectivity index (χ0n) is 40.2. The van der Waals surface area contributed by atoms with Gasteiger partial charge in [-0.25, -0.2) is 0 Å². The van der Waals surface area contributed by atoms with Gasteiger partial charge >= 0.3 is 44.8 Å². The Morgan fingerprint density at radius 1 is 0.230 bits per heavy atom. The second-order valence-corrected chi connectivity index (χ2v) is 22.5. The molecule has 0 radical (unpaired) electrons. The minimum atomic E-state index is -1.32. The molecule has 2 atom stereocenters. The third-order valence-electron chi connectivity index (χ3n) is 13.5. The fourth-order valence-corrected chi connectivity index (χ4v) is 16.6. The minimum Gasteiger partial charge on any atom is -0.366 e. The average molecular weight is 1170 g/mol. The minimum absolute atomic E-state index is 0. The van der Waals surface area contributed by atoms with Crippen LogP contribution >= 0.6 is 15.8 Å². The summed E-state index contributed by atoms with van der Waals surface area (Å²) in [6, 6.07) is 100.0. The van der Waals surface area contributed by atoms with Crippen LogP contribution in [-0.4, -0.2) is 0 Å². The number of hydrogen-bond donors (Lipinski definition) is 0. The molecule has 0 heterocycles. The molecule has 13 aromatic rings. The summed E-state index contributed by atoms with van der Waals surface area (Å²) in [5.74, 6) is 5.02. The molecule has 0 saturated carbocycles. The Morgan fingerprint density at radius 3 is 0.878 bits per heavy atom. The molecular weight excluding hydrogens is 1120 g/mol. The van der Waals surface area contributed by atoms with E-state index in [1.165, 1.54) is 74.9 Å². The summed E-state index contributed by atoms with van der Waals surface area (Å²) in [4.78, 5) is 0. The first kappa shape index (κ1) is 51.8. The third kappa shape index (κ3) is 10.6. The van der Waals surface area contributed by atoms with Gasteiger partial charge in [-0.2, -0.15) is 0 Å². The fourth-order valence-electron chi connectivity index (χ4n) is 10.2. The maximum atomic E-state index is 7.35. The molecule has 0 aliphatic rings. The largest absolute Gasteiger partial charge is 1.00 e. The number of fused-ring (bicyclic) bond motifs is 8. The summed E-state index contributed by atoms with van der Waals surface area (Å²) < 4.78 is 0. The molecule has 0 nitrogen and oxygen atoms in total. The van der Waals surface area contributed by atoms with Crippen LogP contribution in [0.1, 0.15) is 11.1 Å². The van der Waals surface area contributed by atoms with Crippen LogP contribution in [0.15, 0.2) is 279 Å². The summed E-state index contributed by atoms with van der Waals surface area (Å²) in [5.41, 5.74) is 1.71. The van der Waals surface area contributed by atoms with Crippen LogP contribution in [0, 0.1) is 24.7 Å². The Bertz CT molecular complexity index is 3870. The first-order valence-electron chi connectivity index (χ1n) is 24.3. The Morgan fingerprint density at radius 2 is 0.500 bits per heavy atom. The quantitative estimate of drug-likeness (QED) is 0.0512. The number of rotatable bonds is 6. The normalized spacial score (nSPS) is 11.4. The summed E-state index contributed by atoms with van der Waals surface area (Å²) in [7, 11) is -2.64.